The highest BCUT2D eigenvalue weighted by Crippen LogP contribution is 2.58. The Morgan fingerprint density at radius 3 is 1.87 bits per heavy atom. The van der Waals surface area contributed by atoms with Crippen LogP contribution in [0, 0.1) is 13.8 Å². The number of β-lactam (4-membered cyclic amide) rings is 1. The second-order valence-electron chi connectivity index (χ2n) is 11.3. The largest absolute Gasteiger partial charge is 0.543 e. The highest BCUT2D eigenvalue weighted by atomic mass is 32.2. The molecule has 2 heterocycles. The quantitative estimate of drug-likeness (QED) is 0.159. The first-order valence-corrected chi connectivity index (χ1v) is 18.7. The first kappa shape index (κ1) is 31.2. The van der Waals surface area contributed by atoms with Crippen molar-refractivity contribution in [3.63, 3.8) is 0 Å². The first-order chi connectivity index (χ1) is 21.8. The van der Waals surface area contributed by atoms with Crippen LogP contribution in [0.25, 0.3) is 0 Å². The van der Waals surface area contributed by atoms with Gasteiger partial charge in [-0.3, -0.25) is 14.5 Å². The molecule has 1 fully saturated rings. The molecule has 2 aliphatic heterocycles. The molecule has 1 saturated heterocycles. The number of thioether (sulfide) groups is 2. The van der Waals surface area contributed by atoms with Crippen molar-refractivity contribution in [1.82, 2.24) is 10.2 Å². The van der Waals surface area contributed by atoms with Crippen molar-refractivity contribution in [3.8, 4) is 0 Å². The van der Waals surface area contributed by atoms with Crippen molar-refractivity contribution < 1.29 is 19.5 Å². The van der Waals surface area contributed by atoms with Crippen LogP contribution in [0.2, 0.25) is 0 Å². The minimum Gasteiger partial charge on any atom is -0.543 e. The van der Waals surface area contributed by atoms with Crippen LogP contribution in [0.5, 0.6) is 0 Å². The molecule has 4 aromatic rings. The number of carboxylic acids is 1. The second-order valence-corrected chi connectivity index (χ2v) is 16.9. The molecular weight excluding hydrogens is 620 g/mol. The predicted octanol–water partition coefficient (Wildman–Crippen LogP) is 3.79. The number of nitrogens with zero attached hydrogens (tertiary/aromatic N) is 1. The number of aryl methyl sites for hydroxylation is 2. The van der Waals surface area contributed by atoms with Crippen LogP contribution in [-0.2, 0) is 14.4 Å². The fourth-order valence-corrected chi connectivity index (χ4v) is 13.0. The van der Waals surface area contributed by atoms with E-state index >= 15 is 0 Å². The SMILES string of the molecule is Cc1cc(C)cc(SCC(=O)N[C@@H]2C(=O)N3C(C(=O)[O-])=C(C[P+](c4ccccc4)(c4ccccc4)c4ccccc4)CS[C@H]23)c1. The molecule has 0 saturated carbocycles. The van der Waals surface area contributed by atoms with E-state index in [0.29, 0.717) is 17.5 Å². The average molecular weight is 653 g/mol. The Morgan fingerprint density at radius 1 is 0.867 bits per heavy atom. The number of carbonyl (C=O) groups is 3. The lowest BCUT2D eigenvalue weighted by Crippen LogP contribution is -2.71. The summed E-state index contributed by atoms with van der Waals surface area (Å²) < 4.78 is 0. The number of carbonyl (C=O) groups excluding carboxylic acids is 3. The maximum absolute atomic E-state index is 13.5. The predicted molar refractivity (Wildman–Crippen MR) is 184 cm³/mol. The van der Waals surface area contributed by atoms with Crippen LogP contribution in [0.3, 0.4) is 0 Å². The van der Waals surface area contributed by atoms with E-state index in [4.69, 9.17) is 0 Å². The summed E-state index contributed by atoms with van der Waals surface area (Å²) in [6, 6.07) is 36.1. The Labute approximate surface area is 272 Å². The molecule has 2 amide bonds. The van der Waals surface area contributed by atoms with E-state index in [1.54, 1.807) is 0 Å². The van der Waals surface area contributed by atoms with Gasteiger partial charge in [0.2, 0.25) is 5.91 Å². The number of rotatable bonds is 10. The van der Waals surface area contributed by atoms with Crippen molar-refractivity contribution in [2.45, 2.75) is 30.2 Å². The van der Waals surface area contributed by atoms with Gasteiger partial charge in [0, 0.05) is 16.2 Å². The summed E-state index contributed by atoms with van der Waals surface area (Å²) in [6.07, 6.45) is 0.446. The van der Waals surface area contributed by atoms with E-state index in [-0.39, 0.29) is 17.4 Å². The van der Waals surface area contributed by atoms with Crippen LogP contribution in [0.4, 0.5) is 0 Å². The lowest BCUT2D eigenvalue weighted by molar-refractivity contribution is -0.301. The molecule has 1 N–H and O–H groups in total. The van der Waals surface area contributed by atoms with E-state index in [1.807, 2.05) is 80.6 Å². The standard InChI is InChI=1S/C36H33N2O4PS2/c1-24-18-25(2)20-30(19-24)44-23-31(39)37-32-34(40)38-33(36(41)42)26(22-45-35(32)38)21-43(27-12-6-3-7-13-27,28-14-8-4-9-15-28)29-16-10-5-11-17-29/h3-20,32,35H,21-23H2,1-2H3,(H-,37,39,41,42)/t32-,35-/m1/s1. The number of hydrogen-bond donors (Lipinski definition) is 1. The average Bonchev–Trinajstić information content (AvgIpc) is 3.05. The summed E-state index contributed by atoms with van der Waals surface area (Å²) in [6.45, 7) is 4.03. The highest BCUT2D eigenvalue weighted by Gasteiger charge is 2.55. The number of carboxylic acid groups (broad SMARTS) is 1. The molecule has 4 aromatic carbocycles. The molecule has 0 bridgehead atoms. The van der Waals surface area contributed by atoms with E-state index in [0.717, 1.165) is 31.9 Å². The third-order valence-electron chi connectivity index (χ3n) is 8.14. The highest BCUT2D eigenvalue weighted by molar-refractivity contribution is 8.00. The molecule has 0 unspecified atom stereocenters. The molecule has 6 nitrogen and oxygen atoms in total. The van der Waals surface area contributed by atoms with E-state index in [2.05, 4.69) is 47.8 Å². The Hall–Kier alpha value is -3.84. The molecule has 0 spiro atoms. The summed E-state index contributed by atoms with van der Waals surface area (Å²) in [5, 5.41) is 18.5. The molecule has 0 aromatic heterocycles. The van der Waals surface area contributed by atoms with Crippen molar-refractivity contribution >= 4 is 64.5 Å². The normalized spacial score (nSPS) is 17.8. The Bertz CT molecular complexity index is 1650. The van der Waals surface area contributed by atoms with Crippen molar-refractivity contribution in [3.05, 3.63) is 132 Å². The van der Waals surface area contributed by atoms with Gasteiger partial charge in [0.1, 0.15) is 34.6 Å². The molecule has 6 rings (SSSR count). The molecule has 228 valence electrons. The van der Waals surface area contributed by atoms with Gasteiger partial charge in [0.15, 0.2) is 0 Å². The summed E-state index contributed by atoms with van der Waals surface area (Å²) in [5.74, 6) is -1.47. The van der Waals surface area contributed by atoms with Crippen LogP contribution in [0.15, 0.2) is 125 Å². The van der Waals surface area contributed by atoms with Crippen LogP contribution in [-0.4, -0.2) is 51.8 Å². The summed E-state index contributed by atoms with van der Waals surface area (Å²) in [5.41, 5.74) is 2.85. The van der Waals surface area contributed by atoms with E-state index in [9.17, 15) is 19.5 Å². The molecular formula is C36H33N2O4PS2. The van der Waals surface area contributed by atoms with Gasteiger partial charge in [0.25, 0.3) is 5.91 Å². The minimum absolute atomic E-state index is 0.0639. The molecule has 2 atom stereocenters. The van der Waals surface area contributed by atoms with Gasteiger partial charge < -0.3 is 15.2 Å². The first-order valence-electron chi connectivity index (χ1n) is 14.7. The smallest absolute Gasteiger partial charge is 0.253 e. The minimum atomic E-state index is -2.40. The van der Waals surface area contributed by atoms with Crippen molar-refractivity contribution in [1.29, 1.82) is 0 Å². The summed E-state index contributed by atoms with van der Waals surface area (Å²) >= 11 is 2.91. The fraction of sp³-hybridized carbons (Fsp3) is 0.194. The van der Waals surface area contributed by atoms with Gasteiger partial charge in [-0.25, -0.2) is 0 Å². The summed E-state index contributed by atoms with van der Waals surface area (Å²) in [7, 11) is -2.40. The lowest BCUT2D eigenvalue weighted by atomic mass is 10.0. The Kier molecular flexibility index (Phi) is 9.18. The topological polar surface area (TPSA) is 89.5 Å². The van der Waals surface area contributed by atoms with Gasteiger partial charge in [-0.1, -0.05) is 60.7 Å². The number of amides is 2. The van der Waals surface area contributed by atoms with E-state index < -0.39 is 30.6 Å². The number of aliphatic carboxylic acids is 1. The van der Waals surface area contributed by atoms with E-state index in [1.165, 1.54) is 28.4 Å². The molecule has 2 aliphatic rings. The van der Waals surface area contributed by atoms with Crippen LogP contribution >= 0.6 is 30.8 Å². The Balaban J connectivity index is 1.30. The second kappa shape index (κ2) is 13.3. The third-order valence-corrected chi connectivity index (χ3v) is 14.9. The number of benzene rings is 4. The third kappa shape index (κ3) is 6.19. The zero-order valence-electron chi connectivity index (χ0n) is 25.0. The molecule has 45 heavy (non-hydrogen) atoms. The zero-order valence-corrected chi connectivity index (χ0v) is 27.5. The van der Waals surface area contributed by atoms with Gasteiger partial charge in [-0.2, -0.15) is 0 Å². The Morgan fingerprint density at radius 2 is 1.38 bits per heavy atom. The van der Waals surface area contributed by atoms with Crippen LogP contribution in [0.1, 0.15) is 11.1 Å². The maximum Gasteiger partial charge on any atom is 0.253 e. The zero-order chi connectivity index (χ0) is 31.6. The van der Waals surface area contributed by atoms with Gasteiger partial charge in [-0.05, 0) is 73.5 Å². The van der Waals surface area contributed by atoms with Crippen LogP contribution < -0.4 is 26.3 Å². The van der Waals surface area contributed by atoms with Gasteiger partial charge in [0.05, 0.1) is 23.6 Å². The maximum atomic E-state index is 13.5. The number of fused-ring (bicyclic) bond motifs is 1. The molecule has 0 aliphatic carbocycles. The van der Waals surface area contributed by atoms with Gasteiger partial charge >= 0.3 is 0 Å². The molecule has 0 radical (unpaired) electrons. The van der Waals surface area contributed by atoms with Crippen molar-refractivity contribution in [2.75, 3.05) is 17.7 Å². The summed E-state index contributed by atoms with van der Waals surface area (Å²) in [4.78, 5) is 41.5. The monoisotopic (exact) mass is 652 g/mol. The number of nitrogens with one attached hydrogen (secondary N) is 1. The van der Waals surface area contributed by atoms with Gasteiger partial charge in [-0.15, -0.1) is 23.5 Å². The number of hydrogen-bond acceptors (Lipinski definition) is 6. The molecule has 9 heteroatoms. The van der Waals surface area contributed by atoms with Crippen molar-refractivity contribution in [2.24, 2.45) is 0 Å². The lowest BCUT2D eigenvalue weighted by Gasteiger charge is -2.51. The fourth-order valence-electron chi connectivity index (χ4n) is 6.23.